The number of amides is 1. The number of nitrogens with one attached hydrogen (secondary N) is 1. The molecule has 0 atom stereocenters. The topological polar surface area (TPSA) is 83.0 Å². The molecule has 1 aromatic heterocycles. The van der Waals surface area contributed by atoms with Crippen molar-refractivity contribution < 1.29 is 22.7 Å². The van der Waals surface area contributed by atoms with E-state index >= 15 is 0 Å². The van der Waals surface area contributed by atoms with Gasteiger partial charge < -0.3 is 9.30 Å². The molecule has 3 heterocycles. The van der Waals surface area contributed by atoms with Crippen molar-refractivity contribution in [1.29, 1.82) is 5.41 Å². The minimum Gasteiger partial charge on any atom is -0.492 e. The van der Waals surface area contributed by atoms with Crippen molar-refractivity contribution in [3.05, 3.63) is 70.4 Å². The third kappa shape index (κ3) is 4.55. The normalized spacial score (nSPS) is 16.9. The Morgan fingerprint density at radius 2 is 1.86 bits per heavy atom. The second-order valence-corrected chi connectivity index (χ2v) is 9.64. The first-order valence-corrected chi connectivity index (χ1v) is 12.2. The highest BCUT2D eigenvalue weighted by Crippen LogP contribution is 2.36. The fourth-order valence-electron chi connectivity index (χ4n) is 4.24. The summed E-state index contributed by atoms with van der Waals surface area (Å²) in [6, 6.07) is 13.5. The molecule has 0 saturated carbocycles. The first-order chi connectivity index (χ1) is 17.5. The monoisotopic (exact) mass is 525 g/mol. The highest BCUT2D eigenvalue weighted by Gasteiger charge is 2.46. The maximum absolute atomic E-state index is 13.1. The number of aromatic nitrogens is 1. The number of rotatable bonds is 5. The fourth-order valence-corrected chi connectivity index (χ4v) is 5.00. The van der Waals surface area contributed by atoms with E-state index in [1.165, 1.54) is 11.6 Å². The van der Waals surface area contributed by atoms with Gasteiger partial charge in [0.2, 0.25) is 10.2 Å². The van der Waals surface area contributed by atoms with Gasteiger partial charge in [0.25, 0.3) is 5.91 Å². The van der Waals surface area contributed by atoms with Crippen molar-refractivity contribution in [2.75, 3.05) is 6.61 Å². The third-order valence-electron chi connectivity index (χ3n) is 6.33. The summed E-state index contributed by atoms with van der Waals surface area (Å²) in [7, 11) is 0. The molecule has 0 bridgehead atoms. The smallest absolute Gasteiger partial charge is 0.441 e. The molecule has 0 spiro atoms. The number of aliphatic imine (C=N–C) groups is 1. The van der Waals surface area contributed by atoms with E-state index in [1.807, 2.05) is 63.2 Å². The summed E-state index contributed by atoms with van der Waals surface area (Å²) < 4.78 is 47.4. The molecule has 2 aromatic carbocycles. The van der Waals surface area contributed by atoms with E-state index in [-0.39, 0.29) is 22.5 Å². The number of aryl methyl sites for hydroxylation is 2. The highest BCUT2D eigenvalue weighted by atomic mass is 32.2. The standard InChI is InChI=1S/C26H22F3N5O2S/c1-14-8-9-17(12-15(14)2)36-11-10-33-16(3)19(18-6-4-5-7-21(18)33)13-20-22(30)34-25(31-23(20)35)37-24(32-34)26(27,28)29/h4-9,12-13,30H,10-11H2,1-3H3/b20-13-,30-22?. The number of carbonyl (C=O) groups excluding carboxylic acids is 1. The lowest BCUT2D eigenvalue weighted by molar-refractivity contribution is -0.114. The van der Waals surface area contributed by atoms with Crippen LogP contribution in [0.2, 0.25) is 0 Å². The molecule has 37 heavy (non-hydrogen) atoms. The minimum atomic E-state index is -4.69. The maximum Gasteiger partial charge on any atom is 0.441 e. The maximum atomic E-state index is 13.1. The lowest BCUT2D eigenvalue weighted by atomic mass is 10.1. The number of hydrazone groups is 1. The summed E-state index contributed by atoms with van der Waals surface area (Å²) in [5.41, 5.74) is 4.60. The van der Waals surface area contributed by atoms with Crippen molar-refractivity contribution in [1.82, 2.24) is 9.58 Å². The second kappa shape index (κ2) is 9.22. The summed E-state index contributed by atoms with van der Waals surface area (Å²) in [5, 5.41) is 12.0. The largest absolute Gasteiger partial charge is 0.492 e. The fraction of sp³-hybridized carbons (Fsp3) is 0.231. The predicted molar refractivity (Wildman–Crippen MR) is 139 cm³/mol. The van der Waals surface area contributed by atoms with E-state index in [2.05, 4.69) is 14.7 Å². The molecule has 11 heteroatoms. The lowest BCUT2D eigenvalue weighted by Crippen LogP contribution is -2.35. The van der Waals surface area contributed by atoms with Crippen LogP contribution in [0.25, 0.3) is 17.0 Å². The Hall–Kier alpha value is -3.86. The van der Waals surface area contributed by atoms with Gasteiger partial charge in [-0.15, -0.1) is 0 Å². The van der Waals surface area contributed by atoms with Crippen LogP contribution in [0.5, 0.6) is 5.75 Å². The van der Waals surface area contributed by atoms with Gasteiger partial charge in [-0.1, -0.05) is 24.3 Å². The van der Waals surface area contributed by atoms with E-state index in [0.717, 1.165) is 32.9 Å². The zero-order valence-corrected chi connectivity index (χ0v) is 21.0. The molecule has 0 fully saturated rings. The quantitative estimate of drug-likeness (QED) is 0.425. The molecule has 1 N–H and O–H groups in total. The van der Waals surface area contributed by atoms with E-state index in [0.29, 0.717) is 18.7 Å². The number of para-hydroxylation sites is 1. The SMILES string of the molecule is Cc1ccc(OCCn2c(C)c(/C=C3/C(=N)N4N=C(C(F)(F)F)SC4=NC3=O)c3ccccc32)cc1C. The summed E-state index contributed by atoms with van der Waals surface area (Å²) >= 11 is 0.230. The van der Waals surface area contributed by atoms with Gasteiger partial charge in [0, 0.05) is 22.2 Å². The number of fused-ring (bicyclic) bond motifs is 2. The Morgan fingerprint density at radius 1 is 1.11 bits per heavy atom. The van der Waals surface area contributed by atoms with Crippen molar-refractivity contribution in [3.63, 3.8) is 0 Å². The van der Waals surface area contributed by atoms with Crippen LogP contribution < -0.4 is 4.74 Å². The van der Waals surface area contributed by atoms with Gasteiger partial charge in [-0.05, 0) is 67.9 Å². The Kier molecular flexibility index (Phi) is 6.18. The summed E-state index contributed by atoms with van der Waals surface area (Å²) in [4.78, 5) is 16.5. The Bertz CT molecular complexity index is 1550. The number of amidine groups is 2. The molecule has 2 aliphatic rings. The van der Waals surface area contributed by atoms with Gasteiger partial charge in [0.05, 0.1) is 12.1 Å². The zero-order valence-electron chi connectivity index (χ0n) is 20.2. The van der Waals surface area contributed by atoms with Crippen LogP contribution in [0.3, 0.4) is 0 Å². The van der Waals surface area contributed by atoms with Crippen molar-refractivity contribution in [2.45, 2.75) is 33.5 Å². The summed E-state index contributed by atoms with van der Waals surface area (Å²) in [5.74, 6) is -0.454. The molecule has 3 aromatic rings. The summed E-state index contributed by atoms with van der Waals surface area (Å²) in [6.45, 7) is 6.88. The molecule has 190 valence electrons. The number of thioether (sulfide) groups is 1. The molecular formula is C26H22F3N5O2S. The van der Waals surface area contributed by atoms with Gasteiger partial charge in [-0.2, -0.15) is 28.3 Å². The van der Waals surface area contributed by atoms with Crippen molar-refractivity contribution in [3.8, 4) is 5.75 Å². The van der Waals surface area contributed by atoms with Gasteiger partial charge in [0.15, 0.2) is 5.84 Å². The molecule has 1 amide bonds. The highest BCUT2D eigenvalue weighted by molar-refractivity contribution is 8.27. The van der Waals surface area contributed by atoms with E-state index in [4.69, 9.17) is 10.1 Å². The number of nitrogens with zero attached hydrogens (tertiary/aromatic N) is 4. The van der Waals surface area contributed by atoms with E-state index in [1.54, 1.807) is 0 Å². The van der Waals surface area contributed by atoms with Gasteiger partial charge in [0.1, 0.15) is 12.4 Å². The molecule has 7 nitrogen and oxygen atoms in total. The van der Waals surface area contributed by atoms with Crippen LogP contribution in [-0.2, 0) is 11.3 Å². The lowest BCUT2D eigenvalue weighted by Gasteiger charge is -2.20. The number of benzene rings is 2. The Labute approximate surface area is 214 Å². The van der Waals surface area contributed by atoms with Gasteiger partial charge >= 0.3 is 6.18 Å². The van der Waals surface area contributed by atoms with Crippen LogP contribution in [0, 0.1) is 26.2 Å². The molecule has 2 aliphatic heterocycles. The average molecular weight is 526 g/mol. The third-order valence-corrected chi connectivity index (χ3v) is 7.28. The molecule has 0 saturated heterocycles. The first kappa shape index (κ1) is 24.8. The number of hydrogen-bond donors (Lipinski definition) is 1. The van der Waals surface area contributed by atoms with Crippen molar-refractivity contribution >= 4 is 50.7 Å². The van der Waals surface area contributed by atoms with Gasteiger partial charge in [-0.25, -0.2) is 0 Å². The van der Waals surface area contributed by atoms with Crippen LogP contribution in [0.4, 0.5) is 13.2 Å². The number of ether oxygens (including phenoxy) is 1. The molecule has 0 radical (unpaired) electrons. The van der Waals surface area contributed by atoms with Gasteiger partial charge in [-0.3, -0.25) is 10.2 Å². The zero-order chi connectivity index (χ0) is 26.5. The number of halogens is 3. The van der Waals surface area contributed by atoms with Crippen LogP contribution in [0.15, 0.2) is 58.1 Å². The van der Waals surface area contributed by atoms with E-state index in [9.17, 15) is 18.0 Å². The minimum absolute atomic E-state index is 0.131. The molecule has 5 rings (SSSR count). The molecular weight excluding hydrogens is 503 g/mol. The number of alkyl halides is 3. The van der Waals surface area contributed by atoms with Crippen LogP contribution >= 0.6 is 11.8 Å². The van der Waals surface area contributed by atoms with E-state index < -0.39 is 23.0 Å². The van der Waals surface area contributed by atoms with Crippen molar-refractivity contribution in [2.24, 2.45) is 10.1 Å². The second-order valence-electron chi connectivity index (χ2n) is 8.69. The predicted octanol–water partition coefficient (Wildman–Crippen LogP) is 5.83. The Balaban J connectivity index is 1.47. The number of hydrogen-bond acceptors (Lipinski definition) is 5. The molecule has 0 unspecified atom stereocenters. The summed E-state index contributed by atoms with van der Waals surface area (Å²) in [6.07, 6.45) is -3.18. The van der Waals surface area contributed by atoms with Crippen LogP contribution in [-0.4, -0.2) is 44.3 Å². The van der Waals surface area contributed by atoms with Crippen LogP contribution in [0.1, 0.15) is 22.4 Å². The number of carbonyl (C=O) groups is 1. The Morgan fingerprint density at radius 3 is 2.59 bits per heavy atom. The average Bonchev–Trinajstić information content (AvgIpc) is 3.39. The first-order valence-electron chi connectivity index (χ1n) is 11.4. The molecule has 0 aliphatic carbocycles.